The first kappa shape index (κ1) is 16.0. The molecular formula is C13H22F3N3. The van der Waals surface area contributed by atoms with E-state index < -0.39 is 11.9 Å². The normalized spacial score (nSPS) is 14.4. The Morgan fingerprint density at radius 2 is 1.84 bits per heavy atom. The van der Waals surface area contributed by atoms with E-state index in [1.165, 1.54) is 10.9 Å². The molecule has 6 heteroatoms. The summed E-state index contributed by atoms with van der Waals surface area (Å²) < 4.78 is 39.0. The van der Waals surface area contributed by atoms with Gasteiger partial charge >= 0.3 is 6.18 Å². The molecule has 1 unspecified atom stereocenters. The molecule has 0 aliphatic carbocycles. The molecule has 0 spiro atoms. The molecule has 110 valence electrons. The maximum absolute atomic E-state index is 12.5. The maximum atomic E-state index is 12.5. The summed E-state index contributed by atoms with van der Waals surface area (Å²) >= 11 is 0. The number of hydrogen-bond donors (Lipinski definition) is 1. The van der Waals surface area contributed by atoms with E-state index in [1.807, 2.05) is 13.8 Å². The summed E-state index contributed by atoms with van der Waals surface area (Å²) in [6, 6.07) is 0.951. The smallest absolute Gasteiger partial charge is 0.314 e. The van der Waals surface area contributed by atoms with Crippen molar-refractivity contribution < 1.29 is 13.2 Å². The van der Waals surface area contributed by atoms with E-state index in [0.29, 0.717) is 12.5 Å². The highest BCUT2D eigenvalue weighted by atomic mass is 19.4. The molecule has 1 aromatic heterocycles. The predicted octanol–water partition coefficient (Wildman–Crippen LogP) is 3.34. The van der Waals surface area contributed by atoms with E-state index >= 15 is 0 Å². The van der Waals surface area contributed by atoms with Crippen LogP contribution in [0.15, 0.2) is 12.3 Å². The van der Waals surface area contributed by atoms with Crippen molar-refractivity contribution >= 4 is 0 Å². The third-order valence-corrected chi connectivity index (χ3v) is 2.91. The Morgan fingerprint density at radius 1 is 1.21 bits per heavy atom. The molecule has 0 radical (unpaired) electrons. The monoisotopic (exact) mass is 277 g/mol. The van der Waals surface area contributed by atoms with Gasteiger partial charge in [0.25, 0.3) is 0 Å². The third kappa shape index (κ3) is 4.86. The van der Waals surface area contributed by atoms with E-state index in [-0.39, 0.29) is 12.0 Å². The van der Waals surface area contributed by atoms with Gasteiger partial charge in [-0.05, 0) is 24.4 Å². The van der Waals surface area contributed by atoms with Crippen LogP contribution in [0.5, 0.6) is 0 Å². The molecule has 0 saturated carbocycles. The van der Waals surface area contributed by atoms with Crippen molar-refractivity contribution in [1.29, 1.82) is 0 Å². The molecule has 0 aromatic carbocycles. The summed E-state index contributed by atoms with van der Waals surface area (Å²) in [5.74, 6) is 0.719. The van der Waals surface area contributed by atoms with Crippen LogP contribution in [0.2, 0.25) is 0 Å². The Hall–Kier alpha value is -1.04. The van der Waals surface area contributed by atoms with Crippen LogP contribution in [0.1, 0.15) is 39.4 Å². The zero-order chi connectivity index (χ0) is 14.6. The van der Waals surface area contributed by atoms with Crippen molar-refractivity contribution in [2.45, 2.75) is 39.9 Å². The average Bonchev–Trinajstić information content (AvgIpc) is 2.71. The molecule has 0 amide bonds. The van der Waals surface area contributed by atoms with E-state index in [9.17, 15) is 13.2 Å². The fraction of sp³-hybridized carbons (Fsp3) is 0.769. The Balaban J connectivity index is 2.74. The van der Waals surface area contributed by atoms with Gasteiger partial charge in [0.1, 0.15) is 0 Å². The van der Waals surface area contributed by atoms with E-state index in [0.717, 1.165) is 12.6 Å². The molecule has 1 heterocycles. The Morgan fingerprint density at radius 3 is 2.26 bits per heavy atom. The number of rotatable bonds is 6. The maximum Gasteiger partial charge on any atom is 0.435 e. The second kappa shape index (κ2) is 6.41. The quantitative estimate of drug-likeness (QED) is 0.864. The summed E-state index contributed by atoms with van der Waals surface area (Å²) in [5.41, 5.74) is -0.831. The first-order valence-corrected chi connectivity index (χ1v) is 6.55. The lowest BCUT2D eigenvalue weighted by atomic mass is 10.0. The zero-order valence-electron chi connectivity index (χ0n) is 11.8. The third-order valence-electron chi connectivity index (χ3n) is 2.91. The summed E-state index contributed by atoms with van der Waals surface area (Å²) in [6.07, 6.45) is -2.97. The van der Waals surface area contributed by atoms with Crippen LogP contribution in [-0.2, 0) is 6.18 Å². The molecule has 3 nitrogen and oxygen atoms in total. The van der Waals surface area contributed by atoms with Gasteiger partial charge in [-0.2, -0.15) is 18.3 Å². The lowest BCUT2D eigenvalue weighted by molar-refractivity contribution is -0.141. The highest BCUT2D eigenvalue weighted by Crippen LogP contribution is 2.28. The fourth-order valence-corrected chi connectivity index (χ4v) is 1.83. The van der Waals surface area contributed by atoms with E-state index in [4.69, 9.17) is 0 Å². The second-order valence-electron chi connectivity index (χ2n) is 5.54. The number of nitrogens with zero attached hydrogens (tertiary/aromatic N) is 2. The van der Waals surface area contributed by atoms with Crippen molar-refractivity contribution in [2.24, 2.45) is 11.8 Å². The molecule has 1 N–H and O–H groups in total. The van der Waals surface area contributed by atoms with Crippen molar-refractivity contribution in [3.8, 4) is 0 Å². The minimum absolute atomic E-state index is 0.0742. The van der Waals surface area contributed by atoms with Crippen LogP contribution in [-0.4, -0.2) is 22.9 Å². The molecule has 0 aliphatic rings. The largest absolute Gasteiger partial charge is 0.435 e. The van der Waals surface area contributed by atoms with Gasteiger partial charge in [0.2, 0.25) is 0 Å². The number of nitrogens with one attached hydrogen (secondary N) is 1. The second-order valence-corrected chi connectivity index (χ2v) is 5.54. The summed E-state index contributed by atoms with van der Waals surface area (Å²) in [7, 11) is 0. The molecular weight excluding hydrogens is 255 g/mol. The molecule has 1 aromatic rings. The summed E-state index contributed by atoms with van der Waals surface area (Å²) in [6.45, 7) is 9.61. The van der Waals surface area contributed by atoms with Crippen molar-refractivity contribution in [3.63, 3.8) is 0 Å². The SMILES string of the molecule is CC(C)CNCC(C(C)C)n1ccc(C(F)(F)F)n1. The number of halogens is 3. The van der Waals surface area contributed by atoms with E-state index in [2.05, 4.69) is 24.3 Å². The zero-order valence-corrected chi connectivity index (χ0v) is 11.8. The highest BCUT2D eigenvalue weighted by molar-refractivity contribution is 5.04. The minimum atomic E-state index is -4.38. The number of alkyl halides is 3. The van der Waals surface area contributed by atoms with Crippen molar-refractivity contribution in [3.05, 3.63) is 18.0 Å². The summed E-state index contributed by atoms with van der Waals surface area (Å²) in [4.78, 5) is 0. The highest BCUT2D eigenvalue weighted by Gasteiger charge is 2.34. The first-order valence-electron chi connectivity index (χ1n) is 6.55. The van der Waals surface area contributed by atoms with Gasteiger partial charge in [0, 0.05) is 12.7 Å². The Kier molecular flexibility index (Phi) is 5.40. The molecule has 0 saturated heterocycles. The number of aromatic nitrogens is 2. The molecule has 0 aliphatic heterocycles. The number of hydrogen-bond acceptors (Lipinski definition) is 2. The van der Waals surface area contributed by atoms with Crippen LogP contribution >= 0.6 is 0 Å². The molecule has 1 rings (SSSR count). The molecule has 0 bridgehead atoms. The van der Waals surface area contributed by atoms with E-state index in [1.54, 1.807) is 0 Å². The molecule has 1 atom stereocenters. The predicted molar refractivity (Wildman–Crippen MR) is 68.8 cm³/mol. The van der Waals surface area contributed by atoms with Gasteiger partial charge in [-0.25, -0.2) is 0 Å². The minimum Gasteiger partial charge on any atom is -0.314 e. The summed E-state index contributed by atoms with van der Waals surface area (Å²) in [5, 5.41) is 6.92. The van der Waals surface area contributed by atoms with Crippen LogP contribution in [0.3, 0.4) is 0 Å². The van der Waals surface area contributed by atoms with Crippen LogP contribution in [0.25, 0.3) is 0 Å². The average molecular weight is 277 g/mol. The van der Waals surface area contributed by atoms with Crippen molar-refractivity contribution in [2.75, 3.05) is 13.1 Å². The first-order chi connectivity index (χ1) is 8.71. The Bertz CT molecular complexity index is 383. The van der Waals surface area contributed by atoms with Gasteiger partial charge in [0.05, 0.1) is 6.04 Å². The van der Waals surface area contributed by atoms with Gasteiger partial charge < -0.3 is 5.32 Å². The van der Waals surface area contributed by atoms with Crippen LogP contribution in [0, 0.1) is 11.8 Å². The fourth-order valence-electron chi connectivity index (χ4n) is 1.83. The molecule has 0 fully saturated rings. The van der Waals surface area contributed by atoms with Crippen LogP contribution < -0.4 is 5.32 Å². The van der Waals surface area contributed by atoms with Gasteiger partial charge in [0.15, 0.2) is 5.69 Å². The lowest BCUT2D eigenvalue weighted by Crippen LogP contribution is -2.31. The van der Waals surface area contributed by atoms with Gasteiger partial charge in [-0.3, -0.25) is 4.68 Å². The van der Waals surface area contributed by atoms with Gasteiger partial charge in [-0.15, -0.1) is 0 Å². The lowest BCUT2D eigenvalue weighted by Gasteiger charge is -2.22. The van der Waals surface area contributed by atoms with Crippen molar-refractivity contribution in [1.82, 2.24) is 15.1 Å². The van der Waals surface area contributed by atoms with Gasteiger partial charge in [-0.1, -0.05) is 27.7 Å². The molecule has 19 heavy (non-hydrogen) atoms. The van der Waals surface area contributed by atoms with Crippen LogP contribution in [0.4, 0.5) is 13.2 Å². The standard InChI is InChI=1S/C13H22F3N3/c1-9(2)7-17-8-11(10(3)4)19-6-5-12(18-19)13(14,15)16/h5-6,9-11,17H,7-8H2,1-4H3. The topological polar surface area (TPSA) is 29.9 Å². The Labute approximate surface area is 112 Å².